The molecule has 4 aromatic rings. The third-order valence-electron chi connectivity index (χ3n) is 6.15. The van der Waals surface area contributed by atoms with Gasteiger partial charge in [0.05, 0.1) is 12.8 Å². The van der Waals surface area contributed by atoms with E-state index in [1.54, 1.807) is 7.11 Å². The van der Waals surface area contributed by atoms with E-state index in [0.29, 0.717) is 4.88 Å². The topological polar surface area (TPSA) is 63.2 Å². The Labute approximate surface area is 184 Å². The molecule has 0 unspecified atom stereocenters. The minimum atomic E-state index is -0.305. The number of methoxy groups -OCH3 is 1. The largest absolute Gasteiger partial charge is 0.497 e. The van der Waals surface area contributed by atoms with Gasteiger partial charge in [-0.05, 0) is 53.6 Å². The molecule has 2 aliphatic rings. The monoisotopic (exact) mass is 427 g/mol. The van der Waals surface area contributed by atoms with E-state index < -0.39 is 0 Å². The summed E-state index contributed by atoms with van der Waals surface area (Å²) in [5.74, 6) is 0.732. The van der Waals surface area contributed by atoms with Crippen LogP contribution < -0.4 is 15.4 Å². The molecular formula is C25H21N3O2S. The average molecular weight is 428 g/mol. The average Bonchev–Trinajstić information content (AvgIpc) is 3.43. The Morgan fingerprint density at radius 2 is 1.84 bits per heavy atom. The molecule has 0 spiro atoms. The van der Waals surface area contributed by atoms with E-state index in [1.807, 2.05) is 30.3 Å². The standard InChI is InChI=1S/C25H21N3O2S/c1-30-16-12-10-15(11-13-16)23-27-21-20-19(14-6-3-2-4-7-14)17-8-5-9-18(17)26-25(20)31-22(21)24(29)28-23/h2-4,6-7,10-13,23,27H,5,8-9H2,1H3,(H,28,29)/t23-/m1/s1. The van der Waals surface area contributed by atoms with Crippen LogP contribution >= 0.6 is 11.3 Å². The van der Waals surface area contributed by atoms with Gasteiger partial charge in [-0.1, -0.05) is 42.5 Å². The lowest BCUT2D eigenvalue weighted by Gasteiger charge is -2.27. The number of amides is 1. The number of nitrogens with one attached hydrogen (secondary N) is 2. The number of ether oxygens (including phenoxy) is 1. The van der Waals surface area contributed by atoms with Crippen LogP contribution in [0.1, 0.15) is 39.1 Å². The molecule has 31 heavy (non-hydrogen) atoms. The van der Waals surface area contributed by atoms with E-state index in [0.717, 1.165) is 46.5 Å². The molecule has 3 heterocycles. The smallest absolute Gasteiger partial charge is 0.265 e. The number of anilines is 1. The fraction of sp³-hybridized carbons (Fsp3) is 0.200. The molecule has 1 atom stereocenters. The molecule has 2 N–H and O–H groups in total. The van der Waals surface area contributed by atoms with Crippen molar-refractivity contribution in [1.82, 2.24) is 10.3 Å². The SMILES string of the molecule is COc1ccc([C@H]2NC(=O)c3sc4nc5c(c(-c6ccccc6)c4c3N2)CCC5)cc1. The molecule has 1 amide bonds. The molecular weight excluding hydrogens is 406 g/mol. The van der Waals surface area contributed by atoms with E-state index in [9.17, 15) is 4.79 Å². The molecule has 6 rings (SSSR count). The highest BCUT2D eigenvalue weighted by atomic mass is 32.1. The molecule has 2 aromatic heterocycles. The van der Waals surface area contributed by atoms with Crippen molar-refractivity contribution in [3.05, 3.63) is 76.3 Å². The molecule has 154 valence electrons. The fourth-order valence-electron chi connectivity index (χ4n) is 4.68. The van der Waals surface area contributed by atoms with Crippen LogP contribution in [0.4, 0.5) is 5.69 Å². The molecule has 0 saturated heterocycles. The summed E-state index contributed by atoms with van der Waals surface area (Å²) < 4.78 is 5.27. The maximum Gasteiger partial charge on any atom is 0.265 e. The first kappa shape index (κ1) is 18.4. The summed E-state index contributed by atoms with van der Waals surface area (Å²) in [6.45, 7) is 0. The van der Waals surface area contributed by atoms with Crippen molar-refractivity contribution in [2.24, 2.45) is 0 Å². The second-order valence-corrected chi connectivity index (χ2v) is 8.94. The number of carbonyl (C=O) groups is 1. The van der Waals surface area contributed by atoms with Gasteiger partial charge in [0.2, 0.25) is 0 Å². The van der Waals surface area contributed by atoms with Gasteiger partial charge in [0.15, 0.2) is 0 Å². The second kappa shape index (κ2) is 7.10. The van der Waals surface area contributed by atoms with Crippen molar-refractivity contribution in [3.8, 4) is 16.9 Å². The third kappa shape index (κ3) is 2.90. The minimum absolute atomic E-state index is 0.0586. The summed E-state index contributed by atoms with van der Waals surface area (Å²) >= 11 is 1.48. The van der Waals surface area contributed by atoms with Gasteiger partial charge in [0.1, 0.15) is 21.6 Å². The van der Waals surface area contributed by atoms with Crippen LogP contribution in [-0.2, 0) is 12.8 Å². The molecule has 1 aliphatic carbocycles. The number of pyridine rings is 1. The zero-order valence-electron chi connectivity index (χ0n) is 17.1. The van der Waals surface area contributed by atoms with E-state index in [2.05, 4.69) is 34.9 Å². The van der Waals surface area contributed by atoms with Crippen LogP contribution in [0.5, 0.6) is 5.75 Å². The van der Waals surface area contributed by atoms with Crippen molar-refractivity contribution in [2.75, 3.05) is 12.4 Å². The number of nitrogens with zero attached hydrogens (tertiary/aromatic N) is 1. The van der Waals surface area contributed by atoms with Crippen molar-refractivity contribution in [1.29, 1.82) is 0 Å². The lowest BCUT2D eigenvalue weighted by atomic mass is 9.95. The molecule has 1 aliphatic heterocycles. The summed E-state index contributed by atoms with van der Waals surface area (Å²) in [6.07, 6.45) is 2.85. The molecule has 6 heteroatoms. The maximum atomic E-state index is 13.1. The highest BCUT2D eigenvalue weighted by molar-refractivity contribution is 7.21. The number of hydrogen-bond donors (Lipinski definition) is 2. The van der Waals surface area contributed by atoms with Crippen LogP contribution in [0.2, 0.25) is 0 Å². The summed E-state index contributed by atoms with van der Waals surface area (Å²) in [6, 6.07) is 18.3. The number of thiophene rings is 1. The van der Waals surface area contributed by atoms with Crippen LogP contribution in [0.15, 0.2) is 54.6 Å². The van der Waals surface area contributed by atoms with E-state index >= 15 is 0 Å². The summed E-state index contributed by atoms with van der Waals surface area (Å²) in [4.78, 5) is 19.7. The molecule has 0 fully saturated rings. The van der Waals surface area contributed by atoms with Crippen molar-refractivity contribution >= 4 is 33.1 Å². The van der Waals surface area contributed by atoms with Gasteiger partial charge in [-0.3, -0.25) is 4.79 Å². The van der Waals surface area contributed by atoms with Gasteiger partial charge in [0, 0.05) is 11.1 Å². The maximum absolute atomic E-state index is 13.1. The summed E-state index contributed by atoms with van der Waals surface area (Å²) in [5.41, 5.74) is 6.79. The number of aryl methyl sites for hydroxylation is 1. The van der Waals surface area contributed by atoms with Crippen molar-refractivity contribution in [2.45, 2.75) is 25.4 Å². The van der Waals surface area contributed by atoms with Crippen LogP contribution in [0.25, 0.3) is 21.3 Å². The highest BCUT2D eigenvalue weighted by Crippen LogP contribution is 2.47. The van der Waals surface area contributed by atoms with Crippen LogP contribution in [0, 0.1) is 0 Å². The number of rotatable bonds is 3. The lowest BCUT2D eigenvalue weighted by molar-refractivity contribution is 0.0940. The predicted molar refractivity (Wildman–Crippen MR) is 124 cm³/mol. The lowest BCUT2D eigenvalue weighted by Crippen LogP contribution is -2.37. The predicted octanol–water partition coefficient (Wildman–Crippen LogP) is 5.31. The molecule has 5 nitrogen and oxygen atoms in total. The number of hydrogen-bond acceptors (Lipinski definition) is 5. The van der Waals surface area contributed by atoms with Gasteiger partial charge < -0.3 is 15.4 Å². The van der Waals surface area contributed by atoms with Crippen LogP contribution in [-0.4, -0.2) is 18.0 Å². The Bertz CT molecular complexity index is 1310. The quantitative estimate of drug-likeness (QED) is 0.465. The van der Waals surface area contributed by atoms with Gasteiger partial charge in [-0.15, -0.1) is 11.3 Å². The van der Waals surface area contributed by atoms with Gasteiger partial charge in [0.25, 0.3) is 5.91 Å². The van der Waals surface area contributed by atoms with Crippen molar-refractivity contribution < 1.29 is 9.53 Å². The Morgan fingerprint density at radius 1 is 1.03 bits per heavy atom. The Balaban J connectivity index is 1.55. The van der Waals surface area contributed by atoms with Crippen molar-refractivity contribution in [3.63, 3.8) is 0 Å². The minimum Gasteiger partial charge on any atom is -0.497 e. The Hall–Kier alpha value is -3.38. The number of fused-ring (bicyclic) bond motifs is 4. The molecule has 2 aromatic carbocycles. The second-order valence-electron chi connectivity index (χ2n) is 7.94. The number of aromatic nitrogens is 1. The third-order valence-corrected chi connectivity index (χ3v) is 7.23. The highest BCUT2D eigenvalue weighted by Gasteiger charge is 2.32. The molecule has 0 bridgehead atoms. The Morgan fingerprint density at radius 3 is 2.61 bits per heavy atom. The normalized spacial score (nSPS) is 17.1. The first-order valence-electron chi connectivity index (χ1n) is 10.5. The van der Waals surface area contributed by atoms with Gasteiger partial charge >= 0.3 is 0 Å². The zero-order valence-corrected chi connectivity index (χ0v) is 17.9. The van der Waals surface area contributed by atoms with E-state index in [1.165, 1.54) is 33.7 Å². The van der Waals surface area contributed by atoms with Gasteiger partial charge in [-0.25, -0.2) is 4.98 Å². The number of benzene rings is 2. The van der Waals surface area contributed by atoms with Crippen LogP contribution in [0.3, 0.4) is 0 Å². The zero-order chi connectivity index (χ0) is 20.9. The number of carbonyl (C=O) groups excluding carboxylic acids is 1. The summed E-state index contributed by atoms with van der Waals surface area (Å²) in [5, 5.41) is 7.77. The van der Waals surface area contributed by atoms with E-state index in [-0.39, 0.29) is 12.1 Å². The first-order valence-corrected chi connectivity index (χ1v) is 11.3. The summed E-state index contributed by atoms with van der Waals surface area (Å²) in [7, 11) is 1.65. The van der Waals surface area contributed by atoms with E-state index in [4.69, 9.17) is 9.72 Å². The Kier molecular flexibility index (Phi) is 4.21. The molecule has 0 radical (unpaired) electrons. The first-order chi connectivity index (χ1) is 15.2. The van der Waals surface area contributed by atoms with Gasteiger partial charge in [-0.2, -0.15) is 0 Å². The fourth-order valence-corrected chi connectivity index (χ4v) is 5.75. The molecule has 0 saturated carbocycles.